The van der Waals surface area contributed by atoms with Crippen LogP contribution in [0.4, 0.5) is 0 Å². The quantitative estimate of drug-likeness (QED) is 0.567. The molecule has 0 aliphatic heterocycles. The Kier molecular flexibility index (Phi) is 5.02. The maximum Gasteiger partial charge on any atom is 0.120 e. The van der Waals surface area contributed by atoms with Crippen molar-refractivity contribution in [1.29, 1.82) is 5.26 Å². The first kappa shape index (κ1) is 11.9. The molecule has 0 radical (unpaired) electrons. The highest BCUT2D eigenvalue weighted by molar-refractivity contribution is 7.99. The van der Waals surface area contributed by atoms with Crippen LogP contribution >= 0.6 is 11.8 Å². The summed E-state index contributed by atoms with van der Waals surface area (Å²) in [4.78, 5) is 0.939. The fraction of sp³-hybridized carbons (Fsp3) is 0.364. The summed E-state index contributed by atoms with van der Waals surface area (Å²) in [5, 5.41) is 8.90. The molecule has 0 aliphatic rings. The Morgan fingerprint density at radius 1 is 1.40 bits per heavy atom. The Labute approximate surface area is 94.0 Å². The minimum Gasteiger partial charge on any atom is -0.497 e. The molecule has 1 aromatic carbocycles. The molecule has 0 atom stereocenters. The number of methoxy groups -OCH3 is 2. The molecular weight excluding hydrogens is 210 g/mol. The Balaban J connectivity index is 2.78. The van der Waals surface area contributed by atoms with Crippen LogP contribution in [0.1, 0.15) is 5.56 Å². The van der Waals surface area contributed by atoms with Crippen molar-refractivity contribution in [3.63, 3.8) is 0 Å². The molecule has 3 nitrogen and oxygen atoms in total. The van der Waals surface area contributed by atoms with Gasteiger partial charge in [-0.3, -0.25) is 0 Å². The van der Waals surface area contributed by atoms with Crippen LogP contribution in [0.5, 0.6) is 5.75 Å². The number of ether oxygens (including phenoxy) is 2. The summed E-state index contributed by atoms with van der Waals surface area (Å²) >= 11 is 1.60. The first-order chi connectivity index (χ1) is 7.31. The minimum atomic E-state index is 0.673. The van der Waals surface area contributed by atoms with Gasteiger partial charge in [-0.25, -0.2) is 0 Å². The molecule has 0 bridgehead atoms. The van der Waals surface area contributed by atoms with Crippen LogP contribution < -0.4 is 4.74 Å². The largest absolute Gasteiger partial charge is 0.497 e. The van der Waals surface area contributed by atoms with Crippen LogP contribution in [0, 0.1) is 11.3 Å². The normalized spacial score (nSPS) is 9.67. The number of thioether (sulfide) groups is 1. The predicted octanol–water partition coefficient (Wildman–Crippen LogP) is 2.31. The van der Waals surface area contributed by atoms with E-state index >= 15 is 0 Å². The second-order valence-electron chi connectivity index (χ2n) is 2.82. The van der Waals surface area contributed by atoms with E-state index in [2.05, 4.69) is 6.07 Å². The van der Waals surface area contributed by atoms with Gasteiger partial charge in [-0.2, -0.15) is 5.26 Å². The monoisotopic (exact) mass is 223 g/mol. The van der Waals surface area contributed by atoms with Gasteiger partial charge in [-0.1, -0.05) is 0 Å². The van der Waals surface area contributed by atoms with Crippen LogP contribution in [0.3, 0.4) is 0 Å². The average molecular weight is 223 g/mol. The summed E-state index contributed by atoms with van der Waals surface area (Å²) in [7, 11) is 3.28. The van der Waals surface area contributed by atoms with E-state index in [1.807, 2.05) is 6.07 Å². The van der Waals surface area contributed by atoms with Crippen LogP contribution in [-0.4, -0.2) is 26.6 Å². The molecule has 0 spiro atoms. The molecular formula is C11H13NO2S. The topological polar surface area (TPSA) is 42.2 Å². The van der Waals surface area contributed by atoms with E-state index in [1.165, 1.54) is 0 Å². The zero-order valence-electron chi connectivity index (χ0n) is 8.82. The van der Waals surface area contributed by atoms with Crippen molar-refractivity contribution in [2.24, 2.45) is 0 Å². The molecule has 80 valence electrons. The summed E-state index contributed by atoms with van der Waals surface area (Å²) in [6.07, 6.45) is 0. The lowest BCUT2D eigenvalue weighted by Crippen LogP contribution is -1.93. The average Bonchev–Trinajstić information content (AvgIpc) is 2.29. The lowest BCUT2D eigenvalue weighted by atomic mass is 10.2. The van der Waals surface area contributed by atoms with E-state index in [9.17, 15) is 0 Å². The van der Waals surface area contributed by atoms with Gasteiger partial charge in [0, 0.05) is 17.8 Å². The lowest BCUT2D eigenvalue weighted by molar-refractivity contribution is 0.218. The van der Waals surface area contributed by atoms with Crippen molar-refractivity contribution in [2.45, 2.75) is 4.90 Å². The summed E-state index contributed by atoms with van der Waals surface area (Å²) < 4.78 is 10.1. The highest BCUT2D eigenvalue weighted by atomic mass is 32.2. The van der Waals surface area contributed by atoms with Crippen LogP contribution in [0.2, 0.25) is 0 Å². The van der Waals surface area contributed by atoms with Gasteiger partial charge < -0.3 is 9.47 Å². The SMILES string of the molecule is COCCSc1cc(OC)ccc1C#N. The fourth-order valence-corrected chi connectivity index (χ4v) is 2.01. The van der Waals surface area contributed by atoms with E-state index in [0.717, 1.165) is 16.4 Å². The van der Waals surface area contributed by atoms with Crippen molar-refractivity contribution in [2.75, 3.05) is 26.6 Å². The number of hydrogen-bond donors (Lipinski definition) is 0. The van der Waals surface area contributed by atoms with E-state index in [0.29, 0.717) is 12.2 Å². The number of hydrogen-bond acceptors (Lipinski definition) is 4. The molecule has 0 aliphatic carbocycles. The summed E-state index contributed by atoms with van der Waals surface area (Å²) in [6, 6.07) is 7.59. The van der Waals surface area contributed by atoms with Gasteiger partial charge in [0.25, 0.3) is 0 Å². The van der Waals surface area contributed by atoms with E-state index in [1.54, 1.807) is 38.1 Å². The van der Waals surface area contributed by atoms with Gasteiger partial charge >= 0.3 is 0 Å². The highest BCUT2D eigenvalue weighted by Gasteiger charge is 2.04. The van der Waals surface area contributed by atoms with E-state index < -0.39 is 0 Å². The van der Waals surface area contributed by atoms with E-state index in [-0.39, 0.29) is 0 Å². The summed E-state index contributed by atoms with van der Waals surface area (Å²) in [6.45, 7) is 0.673. The number of nitriles is 1. The van der Waals surface area contributed by atoms with Crippen LogP contribution in [0.15, 0.2) is 23.1 Å². The van der Waals surface area contributed by atoms with Crippen molar-refractivity contribution < 1.29 is 9.47 Å². The van der Waals surface area contributed by atoms with Crippen molar-refractivity contribution >= 4 is 11.8 Å². The molecule has 0 N–H and O–H groups in total. The summed E-state index contributed by atoms with van der Waals surface area (Å²) in [5.74, 6) is 1.60. The van der Waals surface area contributed by atoms with Gasteiger partial charge in [-0.15, -0.1) is 11.8 Å². The Morgan fingerprint density at radius 2 is 2.20 bits per heavy atom. The van der Waals surface area contributed by atoms with Gasteiger partial charge in [-0.05, 0) is 18.2 Å². The number of rotatable bonds is 5. The Hall–Kier alpha value is -1.18. The molecule has 4 heteroatoms. The fourth-order valence-electron chi connectivity index (χ4n) is 1.08. The van der Waals surface area contributed by atoms with Gasteiger partial charge in [0.2, 0.25) is 0 Å². The third-order valence-electron chi connectivity index (χ3n) is 1.85. The van der Waals surface area contributed by atoms with Crippen LogP contribution in [0.25, 0.3) is 0 Å². The number of benzene rings is 1. The maximum atomic E-state index is 8.90. The molecule has 0 unspecified atom stereocenters. The first-order valence-corrected chi connectivity index (χ1v) is 5.50. The highest BCUT2D eigenvalue weighted by Crippen LogP contribution is 2.26. The minimum absolute atomic E-state index is 0.673. The van der Waals surface area contributed by atoms with E-state index in [4.69, 9.17) is 14.7 Å². The van der Waals surface area contributed by atoms with Gasteiger partial charge in [0.05, 0.1) is 19.3 Å². The van der Waals surface area contributed by atoms with Crippen molar-refractivity contribution in [1.82, 2.24) is 0 Å². The predicted molar refractivity (Wildman–Crippen MR) is 60.3 cm³/mol. The smallest absolute Gasteiger partial charge is 0.120 e. The standard InChI is InChI=1S/C11H13NO2S/c1-13-5-6-15-11-7-10(14-2)4-3-9(11)8-12/h3-4,7H,5-6H2,1-2H3. The molecule has 1 rings (SSSR count). The molecule has 1 aromatic rings. The molecule has 0 amide bonds. The summed E-state index contributed by atoms with van der Waals surface area (Å²) in [5.41, 5.74) is 0.678. The van der Waals surface area contributed by atoms with Crippen LogP contribution in [-0.2, 0) is 4.74 Å². The molecule has 0 fully saturated rings. The number of nitrogens with zero attached hydrogens (tertiary/aromatic N) is 1. The second-order valence-corrected chi connectivity index (χ2v) is 3.95. The van der Waals surface area contributed by atoms with Gasteiger partial charge in [0.1, 0.15) is 11.8 Å². The second kappa shape index (κ2) is 6.33. The lowest BCUT2D eigenvalue weighted by Gasteiger charge is -2.06. The molecule has 0 saturated heterocycles. The van der Waals surface area contributed by atoms with Gasteiger partial charge in [0.15, 0.2) is 0 Å². The Morgan fingerprint density at radius 3 is 2.80 bits per heavy atom. The molecule has 0 aromatic heterocycles. The first-order valence-electron chi connectivity index (χ1n) is 4.51. The zero-order chi connectivity index (χ0) is 11.1. The molecule has 15 heavy (non-hydrogen) atoms. The third kappa shape index (κ3) is 3.46. The third-order valence-corrected chi connectivity index (χ3v) is 2.87. The van der Waals surface area contributed by atoms with Crippen molar-refractivity contribution in [3.8, 4) is 11.8 Å². The maximum absolute atomic E-state index is 8.90. The molecule has 0 heterocycles. The zero-order valence-corrected chi connectivity index (χ0v) is 9.63. The van der Waals surface area contributed by atoms with Crippen molar-refractivity contribution in [3.05, 3.63) is 23.8 Å². The molecule has 0 saturated carbocycles. The Bertz CT molecular complexity index is 360.